The number of likely N-dealkylation sites (tertiary alicyclic amines) is 1. The van der Waals surface area contributed by atoms with Gasteiger partial charge in [-0.05, 0) is 30.5 Å². The molecule has 0 bridgehead atoms. The average molecular weight is 339 g/mol. The van der Waals surface area contributed by atoms with E-state index in [9.17, 15) is 9.59 Å². The number of rotatable bonds is 4. The van der Waals surface area contributed by atoms with Gasteiger partial charge in [0.05, 0.1) is 17.7 Å². The van der Waals surface area contributed by atoms with Crippen LogP contribution in [-0.4, -0.2) is 40.1 Å². The second-order valence-corrected chi connectivity index (χ2v) is 6.15. The van der Waals surface area contributed by atoms with Gasteiger partial charge in [0, 0.05) is 19.3 Å². The summed E-state index contributed by atoms with van der Waals surface area (Å²) in [7, 11) is 0. The van der Waals surface area contributed by atoms with Crippen molar-refractivity contribution in [3.63, 3.8) is 0 Å². The third kappa shape index (κ3) is 4.15. The first-order valence-corrected chi connectivity index (χ1v) is 8.39. The Bertz CT molecular complexity index is 674. The number of piperidine rings is 1. The number of hydrogen-bond donors (Lipinski definition) is 2. The summed E-state index contributed by atoms with van der Waals surface area (Å²) in [5, 5.41) is 12.1. The number of carboxylic acids is 1. The van der Waals surface area contributed by atoms with E-state index in [2.05, 4.69) is 10.3 Å². The maximum absolute atomic E-state index is 12.7. The van der Waals surface area contributed by atoms with E-state index in [1.807, 2.05) is 48.5 Å². The maximum Gasteiger partial charge on any atom is 0.318 e. The van der Waals surface area contributed by atoms with Gasteiger partial charge in [0.1, 0.15) is 0 Å². The van der Waals surface area contributed by atoms with E-state index < -0.39 is 5.97 Å². The fourth-order valence-electron chi connectivity index (χ4n) is 3.06. The highest BCUT2D eigenvalue weighted by atomic mass is 16.4. The van der Waals surface area contributed by atoms with Crippen LogP contribution in [0.4, 0.5) is 4.79 Å². The van der Waals surface area contributed by atoms with Crippen LogP contribution in [-0.2, 0) is 4.79 Å². The number of benzene rings is 1. The van der Waals surface area contributed by atoms with Gasteiger partial charge in [0.2, 0.25) is 0 Å². The smallest absolute Gasteiger partial charge is 0.318 e. The van der Waals surface area contributed by atoms with Crippen molar-refractivity contribution in [3.05, 3.63) is 66.0 Å². The fourth-order valence-corrected chi connectivity index (χ4v) is 3.06. The van der Waals surface area contributed by atoms with E-state index in [-0.39, 0.29) is 18.0 Å². The van der Waals surface area contributed by atoms with Gasteiger partial charge in [-0.1, -0.05) is 36.4 Å². The van der Waals surface area contributed by atoms with E-state index in [0.717, 1.165) is 11.3 Å². The number of nitrogens with zero attached hydrogens (tertiary/aromatic N) is 2. The average Bonchev–Trinajstić information content (AvgIpc) is 2.67. The molecular formula is C19H21N3O3. The molecule has 2 N–H and O–H groups in total. The Kier molecular flexibility index (Phi) is 5.28. The van der Waals surface area contributed by atoms with Gasteiger partial charge in [-0.15, -0.1) is 0 Å². The molecule has 1 aliphatic rings. The predicted molar refractivity (Wildman–Crippen MR) is 93.0 cm³/mol. The number of carbonyl (C=O) groups excluding carboxylic acids is 1. The Morgan fingerprint density at radius 1 is 1.08 bits per heavy atom. The van der Waals surface area contributed by atoms with Crippen LogP contribution in [0.1, 0.15) is 30.1 Å². The highest BCUT2D eigenvalue weighted by Crippen LogP contribution is 2.22. The molecule has 0 spiro atoms. The highest BCUT2D eigenvalue weighted by Gasteiger charge is 2.28. The normalized spacial score (nSPS) is 16.2. The quantitative estimate of drug-likeness (QED) is 0.897. The first-order valence-electron chi connectivity index (χ1n) is 8.39. The standard InChI is InChI=1S/C19H21N3O3/c23-18(24)15-9-12-22(13-10-15)19(25)21-17(14-6-2-1-3-7-14)16-8-4-5-11-20-16/h1-8,11,15,17H,9-10,12-13H2,(H,21,25)(H,23,24). The van der Waals surface area contributed by atoms with E-state index >= 15 is 0 Å². The van der Waals surface area contributed by atoms with Crippen LogP contribution in [0.3, 0.4) is 0 Å². The molecule has 0 aliphatic carbocycles. The van der Waals surface area contributed by atoms with Crippen LogP contribution >= 0.6 is 0 Å². The van der Waals surface area contributed by atoms with Crippen LogP contribution in [0.25, 0.3) is 0 Å². The van der Waals surface area contributed by atoms with E-state index in [1.165, 1.54) is 0 Å². The monoisotopic (exact) mass is 339 g/mol. The molecule has 1 saturated heterocycles. The van der Waals surface area contributed by atoms with Gasteiger partial charge in [0.15, 0.2) is 0 Å². The Morgan fingerprint density at radius 2 is 1.76 bits per heavy atom. The van der Waals surface area contributed by atoms with Gasteiger partial charge >= 0.3 is 12.0 Å². The van der Waals surface area contributed by atoms with Gasteiger partial charge in [0.25, 0.3) is 0 Å². The first kappa shape index (κ1) is 17.0. The number of amides is 2. The number of nitrogens with one attached hydrogen (secondary N) is 1. The number of aromatic nitrogens is 1. The lowest BCUT2D eigenvalue weighted by Gasteiger charge is -2.31. The zero-order valence-corrected chi connectivity index (χ0v) is 13.8. The summed E-state index contributed by atoms with van der Waals surface area (Å²) < 4.78 is 0. The zero-order valence-electron chi connectivity index (χ0n) is 13.8. The molecule has 2 aromatic rings. The van der Waals surface area contributed by atoms with Gasteiger partial charge in [-0.25, -0.2) is 4.79 Å². The van der Waals surface area contributed by atoms with Gasteiger partial charge in [-0.2, -0.15) is 0 Å². The number of aliphatic carboxylic acids is 1. The number of pyridine rings is 1. The lowest BCUT2D eigenvalue weighted by molar-refractivity contribution is -0.143. The van der Waals surface area contributed by atoms with Gasteiger partial charge in [-0.3, -0.25) is 9.78 Å². The highest BCUT2D eigenvalue weighted by molar-refractivity contribution is 5.76. The Morgan fingerprint density at radius 3 is 2.36 bits per heavy atom. The van der Waals surface area contributed by atoms with Crippen molar-refractivity contribution < 1.29 is 14.7 Å². The second kappa shape index (κ2) is 7.79. The van der Waals surface area contributed by atoms with Crippen LogP contribution in [0.15, 0.2) is 54.7 Å². The molecule has 130 valence electrons. The summed E-state index contributed by atoms with van der Waals surface area (Å²) in [4.78, 5) is 29.8. The number of carbonyl (C=O) groups is 2. The molecule has 6 heteroatoms. The molecule has 3 rings (SSSR count). The molecule has 0 radical (unpaired) electrons. The minimum atomic E-state index is -0.782. The topological polar surface area (TPSA) is 82.5 Å². The number of hydrogen-bond acceptors (Lipinski definition) is 3. The van der Waals surface area contributed by atoms with Crippen molar-refractivity contribution in [2.45, 2.75) is 18.9 Å². The van der Waals surface area contributed by atoms with Gasteiger partial charge < -0.3 is 15.3 Å². The molecule has 0 saturated carbocycles. The molecule has 1 atom stereocenters. The molecule has 1 aromatic heterocycles. The third-order valence-corrected chi connectivity index (χ3v) is 4.52. The summed E-state index contributed by atoms with van der Waals surface area (Å²) in [6.45, 7) is 0.902. The number of carboxylic acid groups (broad SMARTS) is 1. The fraction of sp³-hybridized carbons (Fsp3) is 0.316. The van der Waals surface area contributed by atoms with Crippen LogP contribution in [0, 0.1) is 5.92 Å². The Hall–Kier alpha value is -2.89. The van der Waals surface area contributed by atoms with Crippen LogP contribution in [0.5, 0.6) is 0 Å². The predicted octanol–water partition coefficient (Wildman–Crippen LogP) is 2.68. The second-order valence-electron chi connectivity index (χ2n) is 6.15. The minimum Gasteiger partial charge on any atom is -0.481 e. The molecule has 1 aliphatic heterocycles. The molecule has 6 nitrogen and oxygen atoms in total. The van der Waals surface area contributed by atoms with Crippen molar-refractivity contribution in [1.82, 2.24) is 15.2 Å². The summed E-state index contributed by atoms with van der Waals surface area (Å²) in [5.74, 6) is -1.14. The summed E-state index contributed by atoms with van der Waals surface area (Å²) >= 11 is 0. The van der Waals surface area contributed by atoms with Crippen molar-refractivity contribution in [1.29, 1.82) is 0 Å². The van der Waals surface area contributed by atoms with E-state index in [4.69, 9.17) is 5.11 Å². The van der Waals surface area contributed by atoms with Crippen molar-refractivity contribution in [2.75, 3.05) is 13.1 Å². The van der Waals surface area contributed by atoms with Crippen molar-refractivity contribution in [3.8, 4) is 0 Å². The number of urea groups is 1. The molecule has 1 unspecified atom stereocenters. The first-order chi connectivity index (χ1) is 12.1. The SMILES string of the molecule is O=C(O)C1CCN(C(=O)NC(c2ccccc2)c2ccccn2)CC1. The summed E-state index contributed by atoms with van der Waals surface area (Å²) in [5.41, 5.74) is 1.72. The van der Waals surface area contributed by atoms with E-state index in [0.29, 0.717) is 25.9 Å². The molecular weight excluding hydrogens is 318 g/mol. The zero-order chi connectivity index (χ0) is 17.6. The molecule has 25 heavy (non-hydrogen) atoms. The summed E-state index contributed by atoms with van der Waals surface area (Å²) in [6, 6.07) is 14.8. The molecule has 2 amide bonds. The van der Waals surface area contributed by atoms with Crippen molar-refractivity contribution in [2.24, 2.45) is 5.92 Å². The van der Waals surface area contributed by atoms with E-state index in [1.54, 1.807) is 11.1 Å². The summed E-state index contributed by atoms with van der Waals surface area (Å²) in [6.07, 6.45) is 2.68. The third-order valence-electron chi connectivity index (χ3n) is 4.52. The molecule has 2 heterocycles. The Balaban J connectivity index is 1.73. The largest absolute Gasteiger partial charge is 0.481 e. The van der Waals surface area contributed by atoms with Crippen LogP contribution in [0.2, 0.25) is 0 Å². The maximum atomic E-state index is 12.7. The van der Waals surface area contributed by atoms with Crippen molar-refractivity contribution >= 4 is 12.0 Å². The van der Waals surface area contributed by atoms with Crippen LogP contribution < -0.4 is 5.32 Å². The lowest BCUT2D eigenvalue weighted by atomic mass is 9.97. The minimum absolute atomic E-state index is 0.191. The lowest BCUT2D eigenvalue weighted by Crippen LogP contribution is -2.46. The molecule has 1 fully saturated rings. The molecule has 1 aromatic carbocycles. The Labute approximate surface area is 146 Å².